The third kappa shape index (κ3) is 3.32. The molecule has 15 heavy (non-hydrogen) atoms. The van der Waals surface area contributed by atoms with Gasteiger partial charge in [-0.3, -0.25) is 0 Å². The summed E-state index contributed by atoms with van der Waals surface area (Å²) in [5.74, 6) is 0. The predicted molar refractivity (Wildman–Crippen MR) is 62.8 cm³/mol. The number of allylic oxidation sites excluding steroid dienone is 1. The molecular formula is C13H23NO. The molecule has 0 spiro atoms. The number of aliphatic hydroxyl groups is 1. The first-order valence-corrected chi connectivity index (χ1v) is 6.41. The van der Waals surface area contributed by atoms with Crippen LogP contribution in [0, 0.1) is 0 Å². The van der Waals surface area contributed by atoms with Gasteiger partial charge in [0.05, 0.1) is 5.60 Å². The molecule has 0 aromatic heterocycles. The number of rotatable bonds is 3. The van der Waals surface area contributed by atoms with Gasteiger partial charge in [-0.25, -0.2) is 0 Å². The highest BCUT2D eigenvalue weighted by Crippen LogP contribution is 2.27. The van der Waals surface area contributed by atoms with Crippen molar-refractivity contribution in [3.05, 3.63) is 12.2 Å². The van der Waals surface area contributed by atoms with Crippen LogP contribution in [0.1, 0.15) is 51.4 Å². The van der Waals surface area contributed by atoms with Crippen LogP contribution in [-0.4, -0.2) is 23.3 Å². The summed E-state index contributed by atoms with van der Waals surface area (Å²) in [4.78, 5) is 0. The molecule has 0 radical (unpaired) electrons. The van der Waals surface area contributed by atoms with Gasteiger partial charge in [0.25, 0.3) is 0 Å². The van der Waals surface area contributed by atoms with Gasteiger partial charge in [0.2, 0.25) is 0 Å². The Kier molecular flexibility index (Phi) is 3.81. The molecule has 0 saturated heterocycles. The van der Waals surface area contributed by atoms with Crippen LogP contribution in [-0.2, 0) is 0 Å². The molecule has 2 N–H and O–H groups in total. The molecule has 0 heterocycles. The van der Waals surface area contributed by atoms with Gasteiger partial charge >= 0.3 is 0 Å². The monoisotopic (exact) mass is 209 g/mol. The number of hydrogen-bond donors (Lipinski definition) is 2. The summed E-state index contributed by atoms with van der Waals surface area (Å²) in [6.45, 7) is 0.780. The van der Waals surface area contributed by atoms with E-state index in [-0.39, 0.29) is 0 Å². The highest BCUT2D eigenvalue weighted by molar-refractivity contribution is 4.98. The smallest absolute Gasteiger partial charge is 0.0771 e. The van der Waals surface area contributed by atoms with Crippen molar-refractivity contribution in [2.45, 2.75) is 63.0 Å². The van der Waals surface area contributed by atoms with E-state index >= 15 is 0 Å². The molecule has 86 valence electrons. The van der Waals surface area contributed by atoms with E-state index < -0.39 is 5.60 Å². The van der Waals surface area contributed by atoms with Crippen LogP contribution in [0.2, 0.25) is 0 Å². The Labute approximate surface area is 92.8 Å². The summed E-state index contributed by atoms with van der Waals surface area (Å²) < 4.78 is 0. The first kappa shape index (κ1) is 11.2. The summed E-state index contributed by atoms with van der Waals surface area (Å²) >= 11 is 0. The summed E-state index contributed by atoms with van der Waals surface area (Å²) in [5, 5.41) is 13.8. The van der Waals surface area contributed by atoms with E-state index in [1.54, 1.807) is 0 Å². The van der Waals surface area contributed by atoms with Crippen LogP contribution in [0.15, 0.2) is 12.2 Å². The van der Waals surface area contributed by atoms with Crippen molar-refractivity contribution >= 4 is 0 Å². The Morgan fingerprint density at radius 1 is 1.20 bits per heavy atom. The summed E-state index contributed by atoms with van der Waals surface area (Å²) in [7, 11) is 0. The molecule has 0 bridgehead atoms. The first-order chi connectivity index (χ1) is 7.29. The summed E-state index contributed by atoms with van der Waals surface area (Å²) in [6, 6.07) is 0.504. The molecule has 2 rings (SSSR count). The minimum atomic E-state index is -0.413. The fourth-order valence-electron chi connectivity index (χ4n) is 2.69. The molecule has 2 aliphatic rings. The second kappa shape index (κ2) is 5.13. The van der Waals surface area contributed by atoms with Crippen molar-refractivity contribution in [3.8, 4) is 0 Å². The third-order valence-electron chi connectivity index (χ3n) is 3.73. The van der Waals surface area contributed by atoms with Crippen molar-refractivity contribution in [1.29, 1.82) is 0 Å². The largest absolute Gasteiger partial charge is 0.389 e. The van der Waals surface area contributed by atoms with Crippen LogP contribution in [0.3, 0.4) is 0 Å². The molecular weight excluding hydrogens is 186 g/mol. The van der Waals surface area contributed by atoms with E-state index in [9.17, 15) is 5.11 Å². The fourth-order valence-corrected chi connectivity index (χ4v) is 2.69. The Morgan fingerprint density at radius 2 is 2.00 bits per heavy atom. The molecule has 0 aliphatic heterocycles. The topological polar surface area (TPSA) is 32.3 Å². The van der Waals surface area contributed by atoms with E-state index in [1.807, 2.05) is 0 Å². The molecule has 2 nitrogen and oxygen atoms in total. The molecule has 0 amide bonds. The zero-order chi connectivity index (χ0) is 10.6. The van der Waals surface area contributed by atoms with Crippen molar-refractivity contribution in [1.82, 2.24) is 5.32 Å². The van der Waals surface area contributed by atoms with Gasteiger partial charge in [-0.1, -0.05) is 31.4 Å². The Bertz CT molecular complexity index is 219. The zero-order valence-electron chi connectivity index (χ0n) is 9.54. The fraction of sp³-hybridized carbons (Fsp3) is 0.846. The van der Waals surface area contributed by atoms with Crippen LogP contribution in [0.25, 0.3) is 0 Å². The average molecular weight is 209 g/mol. The molecule has 0 aromatic carbocycles. The maximum atomic E-state index is 10.3. The lowest BCUT2D eigenvalue weighted by atomic mass is 9.84. The highest BCUT2D eigenvalue weighted by atomic mass is 16.3. The third-order valence-corrected chi connectivity index (χ3v) is 3.73. The van der Waals surface area contributed by atoms with Crippen molar-refractivity contribution in [2.75, 3.05) is 6.54 Å². The van der Waals surface area contributed by atoms with E-state index in [2.05, 4.69) is 17.5 Å². The lowest BCUT2D eigenvalue weighted by molar-refractivity contribution is 0.00341. The minimum absolute atomic E-state index is 0.413. The SMILES string of the molecule is OC1(CNC2C=CCCC2)CCCCC1. The Hall–Kier alpha value is -0.340. The van der Waals surface area contributed by atoms with Crippen LogP contribution >= 0.6 is 0 Å². The number of hydrogen-bond acceptors (Lipinski definition) is 2. The normalized spacial score (nSPS) is 30.3. The standard InChI is InChI=1S/C13H23NO/c15-13(9-5-2-6-10-13)11-14-12-7-3-1-4-8-12/h3,7,12,14-15H,1-2,4-6,8-11H2. The maximum Gasteiger partial charge on any atom is 0.0771 e. The average Bonchev–Trinajstić information content (AvgIpc) is 2.29. The van der Waals surface area contributed by atoms with Gasteiger partial charge in [-0.15, -0.1) is 0 Å². The minimum Gasteiger partial charge on any atom is -0.389 e. The summed E-state index contributed by atoms with van der Waals surface area (Å²) in [6.07, 6.45) is 13.9. The lowest BCUT2D eigenvalue weighted by Gasteiger charge is -2.33. The lowest BCUT2D eigenvalue weighted by Crippen LogP contribution is -2.45. The van der Waals surface area contributed by atoms with Crippen LogP contribution in [0.4, 0.5) is 0 Å². The van der Waals surface area contributed by atoms with E-state index in [0.29, 0.717) is 6.04 Å². The molecule has 1 fully saturated rings. The maximum absolute atomic E-state index is 10.3. The van der Waals surface area contributed by atoms with E-state index in [1.165, 1.54) is 38.5 Å². The molecule has 2 aliphatic carbocycles. The van der Waals surface area contributed by atoms with Gasteiger partial charge in [0, 0.05) is 12.6 Å². The van der Waals surface area contributed by atoms with E-state index in [4.69, 9.17) is 0 Å². The Balaban J connectivity index is 1.75. The highest BCUT2D eigenvalue weighted by Gasteiger charge is 2.29. The quantitative estimate of drug-likeness (QED) is 0.699. The number of nitrogens with one attached hydrogen (secondary N) is 1. The molecule has 2 heteroatoms. The second-order valence-electron chi connectivity index (χ2n) is 5.13. The van der Waals surface area contributed by atoms with Crippen molar-refractivity contribution in [2.24, 2.45) is 0 Å². The van der Waals surface area contributed by atoms with Gasteiger partial charge in [0.1, 0.15) is 0 Å². The van der Waals surface area contributed by atoms with Crippen molar-refractivity contribution < 1.29 is 5.11 Å². The van der Waals surface area contributed by atoms with Crippen molar-refractivity contribution in [3.63, 3.8) is 0 Å². The predicted octanol–water partition coefficient (Wildman–Crippen LogP) is 2.38. The molecule has 0 aromatic rings. The van der Waals surface area contributed by atoms with Gasteiger partial charge in [0.15, 0.2) is 0 Å². The zero-order valence-corrected chi connectivity index (χ0v) is 9.54. The molecule has 1 atom stereocenters. The molecule has 1 saturated carbocycles. The van der Waals surface area contributed by atoms with Gasteiger partial charge in [-0.2, -0.15) is 0 Å². The van der Waals surface area contributed by atoms with Gasteiger partial charge < -0.3 is 10.4 Å². The molecule has 1 unspecified atom stereocenters. The van der Waals surface area contributed by atoms with Crippen LogP contribution < -0.4 is 5.32 Å². The van der Waals surface area contributed by atoms with Crippen LogP contribution in [0.5, 0.6) is 0 Å². The van der Waals surface area contributed by atoms with E-state index in [0.717, 1.165) is 19.4 Å². The van der Waals surface area contributed by atoms with Gasteiger partial charge in [-0.05, 0) is 32.1 Å². The summed E-state index contributed by atoms with van der Waals surface area (Å²) in [5.41, 5.74) is -0.413. The first-order valence-electron chi connectivity index (χ1n) is 6.41. The Morgan fingerprint density at radius 3 is 2.67 bits per heavy atom. The second-order valence-corrected chi connectivity index (χ2v) is 5.13.